The van der Waals surface area contributed by atoms with Crippen LogP contribution in [0, 0.1) is 19.8 Å². The first-order valence-corrected chi connectivity index (χ1v) is 8.48. The predicted octanol–water partition coefficient (Wildman–Crippen LogP) is 3.71. The maximum atomic E-state index is 12.5. The molecule has 5 nitrogen and oxygen atoms in total. The molecular weight excluding hydrogens is 300 g/mol. The van der Waals surface area contributed by atoms with Crippen LogP contribution in [0.15, 0.2) is 30.6 Å². The minimum Gasteiger partial charge on any atom is -0.339 e. The standard InChI is InChI=1S/C19H24N4O/c1-13-4-6-23(7-5-13)19(24)17-11-21-18(12-20-17)22-16-9-14(2)8-15(3)10-16/h8-13H,4-7H2,1-3H3,(H,21,22). The quantitative estimate of drug-likeness (QED) is 0.935. The van der Waals surface area contributed by atoms with Crippen LogP contribution >= 0.6 is 0 Å². The van der Waals surface area contributed by atoms with Crippen molar-refractivity contribution in [2.75, 3.05) is 18.4 Å². The summed E-state index contributed by atoms with van der Waals surface area (Å²) in [6, 6.07) is 6.24. The van der Waals surface area contributed by atoms with Crippen LogP contribution in [-0.4, -0.2) is 33.9 Å². The summed E-state index contributed by atoms with van der Waals surface area (Å²) in [5.74, 6) is 1.32. The van der Waals surface area contributed by atoms with Gasteiger partial charge in [-0.05, 0) is 55.9 Å². The molecule has 126 valence electrons. The van der Waals surface area contributed by atoms with Crippen molar-refractivity contribution in [1.82, 2.24) is 14.9 Å². The van der Waals surface area contributed by atoms with Gasteiger partial charge in [0.15, 0.2) is 0 Å². The Balaban J connectivity index is 1.67. The lowest BCUT2D eigenvalue weighted by molar-refractivity contribution is 0.0691. The van der Waals surface area contributed by atoms with E-state index in [0.29, 0.717) is 17.4 Å². The van der Waals surface area contributed by atoms with Gasteiger partial charge < -0.3 is 10.2 Å². The molecule has 0 atom stereocenters. The number of aromatic nitrogens is 2. The van der Waals surface area contributed by atoms with Crippen molar-refractivity contribution < 1.29 is 4.79 Å². The second-order valence-electron chi connectivity index (χ2n) is 6.76. The molecule has 1 amide bonds. The van der Waals surface area contributed by atoms with E-state index < -0.39 is 0 Å². The van der Waals surface area contributed by atoms with Crippen LogP contribution in [0.1, 0.15) is 41.4 Å². The monoisotopic (exact) mass is 324 g/mol. The lowest BCUT2D eigenvalue weighted by Gasteiger charge is -2.29. The third-order valence-electron chi connectivity index (χ3n) is 4.44. The maximum absolute atomic E-state index is 12.5. The molecule has 5 heteroatoms. The highest BCUT2D eigenvalue weighted by molar-refractivity contribution is 5.92. The number of carbonyl (C=O) groups excluding carboxylic acids is 1. The Morgan fingerprint density at radius 2 is 1.75 bits per heavy atom. The fourth-order valence-corrected chi connectivity index (χ4v) is 3.07. The highest BCUT2D eigenvalue weighted by Gasteiger charge is 2.22. The van der Waals surface area contributed by atoms with E-state index >= 15 is 0 Å². The number of aryl methyl sites for hydroxylation is 2. The van der Waals surface area contributed by atoms with Crippen LogP contribution in [0.4, 0.5) is 11.5 Å². The molecule has 3 rings (SSSR count). The van der Waals surface area contributed by atoms with Crippen LogP contribution in [0.25, 0.3) is 0 Å². The van der Waals surface area contributed by atoms with E-state index in [1.165, 1.54) is 11.1 Å². The van der Waals surface area contributed by atoms with Crippen molar-refractivity contribution in [3.8, 4) is 0 Å². The molecule has 0 radical (unpaired) electrons. The first kappa shape index (κ1) is 16.4. The van der Waals surface area contributed by atoms with E-state index in [2.05, 4.69) is 54.3 Å². The summed E-state index contributed by atoms with van der Waals surface area (Å²) in [5.41, 5.74) is 3.77. The summed E-state index contributed by atoms with van der Waals surface area (Å²) in [7, 11) is 0. The van der Waals surface area contributed by atoms with Gasteiger partial charge >= 0.3 is 0 Å². The predicted molar refractivity (Wildman–Crippen MR) is 95.5 cm³/mol. The second kappa shape index (κ2) is 6.99. The number of benzene rings is 1. The minimum absolute atomic E-state index is 0.0210. The van der Waals surface area contributed by atoms with Crippen molar-refractivity contribution in [2.45, 2.75) is 33.6 Å². The van der Waals surface area contributed by atoms with E-state index in [9.17, 15) is 4.79 Å². The zero-order valence-electron chi connectivity index (χ0n) is 14.5. The lowest BCUT2D eigenvalue weighted by atomic mass is 9.99. The summed E-state index contributed by atoms with van der Waals surface area (Å²) in [6.07, 6.45) is 5.31. The molecule has 0 spiro atoms. The van der Waals surface area contributed by atoms with Crippen molar-refractivity contribution in [3.05, 3.63) is 47.4 Å². The topological polar surface area (TPSA) is 58.1 Å². The molecule has 0 bridgehead atoms. The molecule has 1 aromatic heterocycles. The number of anilines is 2. The number of carbonyl (C=O) groups is 1. The van der Waals surface area contributed by atoms with E-state index in [-0.39, 0.29) is 5.91 Å². The van der Waals surface area contributed by atoms with Crippen molar-refractivity contribution >= 4 is 17.4 Å². The number of nitrogens with one attached hydrogen (secondary N) is 1. The molecular formula is C19H24N4O. The van der Waals surface area contributed by atoms with Gasteiger partial charge in [-0.3, -0.25) is 4.79 Å². The van der Waals surface area contributed by atoms with Crippen molar-refractivity contribution in [3.63, 3.8) is 0 Å². The Labute approximate surface area is 143 Å². The fourth-order valence-electron chi connectivity index (χ4n) is 3.07. The Bertz CT molecular complexity index is 698. The van der Waals surface area contributed by atoms with E-state index in [1.54, 1.807) is 12.4 Å². The first-order chi connectivity index (χ1) is 11.5. The van der Waals surface area contributed by atoms with E-state index in [4.69, 9.17) is 0 Å². The smallest absolute Gasteiger partial charge is 0.274 e. The van der Waals surface area contributed by atoms with Gasteiger partial charge in [-0.2, -0.15) is 0 Å². The molecule has 24 heavy (non-hydrogen) atoms. The van der Waals surface area contributed by atoms with Gasteiger partial charge in [0.05, 0.1) is 12.4 Å². The number of amides is 1. The number of nitrogens with zero attached hydrogens (tertiary/aromatic N) is 3. The molecule has 1 aromatic carbocycles. The van der Waals surface area contributed by atoms with Gasteiger partial charge in [-0.15, -0.1) is 0 Å². The Morgan fingerprint density at radius 1 is 1.08 bits per heavy atom. The van der Waals surface area contributed by atoms with Crippen molar-refractivity contribution in [1.29, 1.82) is 0 Å². The van der Waals surface area contributed by atoms with Crippen LogP contribution in [0.3, 0.4) is 0 Å². The Hall–Kier alpha value is -2.43. The van der Waals surface area contributed by atoms with Gasteiger partial charge in [0.25, 0.3) is 5.91 Å². The molecule has 1 aliphatic heterocycles. The molecule has 2 heterocycles. The zero-order chi connectivity index (χ0) is 17.1. The first-order valence-electron chi connectivity index (χ1n) is 8.48. The number of likely N-dealkylation sites (tertiary alicyclic amines) is 1. The molecule has 0 aliphatic carbocycles. The second-order valence-corrected chi connectivity index (χ2v) is 6.76. The average Bonchev–Trinajstić information content (AvgIpc) is 2.55. The molecule has 1 aliphatic rings. The zero-order valence-corrected chi connectivity index (χ0v) is 14.5. The molecule has 1 N–H and O–H groups in total. The van der Waals surface area contributed by atoms with Gasteiger partial charge in [0.1, 0.15) is 11.5 Å². The lowest BCUT2D eigenvalue weighted by Crippen LogP contribution is -2.38. The van der Waals surface area contributed by atoms with Crippen LogP contribution in [0.5, 0.6) is 0 Å². The van der Waals surface area contributed by atoms with Gasteiger partial charge in [-0.25, -0.2) is 9.97 Å². The molecule has 1 saturated heterocycles. The summed E-state index contributed by atoms with van der Waals surface area (Å²) < 4.78 is 0. The van der Waals surface area contributed by atoms with E-state index in [0.717, 1.165) is 31.6 Å². The summed E-state index contributed by atoms with van der Waals surface area (Å²) >= 11 is 0. The number of hydrogen-bond donors (Lipinski definition) is 1. The summed E-state index contributed by atoms with van der Waals surface area (Å²) in [5, 5.41) is 3.24. The summed E-state index contributed by atoms with van der Waals surface area (Å²) in [6.45, 7) is 7.97. The van der Waals surface area contributed by atoms with Gasteiger partial charge in [-0.1, -0.05) is 13.0 Å². The molecule has 0 unspecified atom stereocenters. The maximum Gasteiger partial charge on any atom is 0.274 e. The van der Waals surface area contributed by atoms with Gasteiger partial charge in [0, 0.05) is 18.8 Å². The minimum atomic E-state index is -0.0210. The number of hydrogen-bond acceptors (Lipinski definition) is 4. The third kappa shape index (κ3) is 3.91. The number of rotatable bonds is 3. The van der Waals surface area contributed by atoms with E-state index in [1.807, 2.05) is 4.90 Å². The molecule has 1 fully saturated rings. The van der Waals surface area contributed by atoms with Crippen LogP contribution in [0.2, 0.25) is 0 Å². The molecule has 2 aromatic rings. The number of piperidine rings is 1. The van der Waals surface area contributed by atoms with Crippen molar-refractivity contribution in [2.24, 2.45) is 5.92 Å². The third-order valence-corrected chi connectivity index (χ3v) is 4.44. The van der Waals surface area contributed by atoms with Crippen LogP contribution in [-0.2, 0) is 0 Å². The van der Waals surface area contributed by atoms with Crippen LogP contribution < -0.4 is 5.32 Å². The largest absolute Gasteiger partial charge is 0.339 e. The molecule has 0 saturated carbocycles. The normalized spacial score (nSPS) is 15.4. The van der Waals surface area contributed by atoms with Gasteiger partial charge in [0.2, 0.25) is 0 Å². The average molecular weight is 324 g/mol. The summed E-state index contributed by atoms with van der Waals surface area (Å²) in [4.78, 5) is 23.0. The highest BCUT2D eigenvalue weighted by Crippen LogP contribution is 2.19. The highest BCUT2D eigenvalue weighted by atomic mass is 16.2. The Morgan fingerprint density at radius 3 is 2.33 bits per heavy atom. The SMILES string of the molecule is Cc1cc(C)cc(Nc2cnc(C(=O)N3CCC(C)CC3)cn2)c1. The Kier molecular flexibility index (Phi) is 4.79. The fraction of sp³-hybridized carbons (Fsp3) is 0.421.